The predicted molar refractivity (Wildman–Crippen MR) is 80.7 cm³/mol. The third kappa shape index (κ3) is 3.32. The molecule has 1 aliphatic heterocycles. The number of rotatable bonds is 3. The molecule has 0 bridgehead atoms. The quantitative estimate of drug-likeness (QED) is 0.804. The number of pyridine rings is 1. The summed E-state index contributed by atoms with van der Waals surface area (Å²) in [4.78, 5) is 27.2. The summed E-state index contributed by atoms with van der Waals surface area (Å²) in [5.74, 6) is 0.337. The van der Waals surface area contributed by atoms with Gasteiger partial charge in [0.15, 0.2) is 6.61 Å². The number of urea groups is 1. The highest BCUT2D eigenvalue weighted by molar-refractivity contribution is 5.96. The van der Waals surface area contributed by atoms with Gasteiger partial charge in [-0.05, 0) is 24.3 Å². The third-order valence-electron chi connectivity index (χ3n) is 3.03. The second-order valence-electron chi connectivity index (χ2n) is 4.68. The molecule has 1 aromatic carbocycles. The lowest BCUT2D eigenvalue weighted by Gasteiger charge is -2.18. The van der Waals surface area contributed by atoms with Gasteiger partial charge in [-0.25, -0.2) is 4.79 Å². The number of aromatic nitrogens is 1. The molecule has 0 aliphatic carbocycles. The standard InChI is InChI=1S/C15H14N4O3/c20-14-9-22-13-7-10(4-5-12(13)19-14)18-15(21)17-8-11-3-1-2-6-16-11/h1-7H,8-9H2,(H,19,20)(H2,17,18,21). The summed E-state index contributed by atoms with van der Waals surface area (Å²) >= 11 is 0. The Balaban J connectivity index is 1.59. The van der Waals surface area contributed by atoms with Crippen molar-refractivity contribution in [1.82, 2.24) is 10.3 Å². The Morgan fingerprint density at radius 2 is 2.23 bits per heavy atom. The lowest BCUT2D eigenvalue weighted by atomic mass is 10.2. The van der Waals surface area contributed by atoms with Gasteiger partial charge in [-0.2, -0.15) is 0 Å². The lowest BCUT2D eigenvalue weighted by molar-refractivity contribution is -0.118. The second-order valence-corrected chi connectivity index (χ2v) is 4.68. The second kappa shape index (κ2) is 6.13. The van der Waals surface area contributed by atoms with Crippen molar-refractivity contribution in [2.45, 2.75) is 6.54 Å². The minimum Gasteiger partial charge on any atom is -0.482 e. The Labute approximate surface area is 126 Å². The molecule has 2 aromatic rings. The van der Waals surface area contributed by atoms with Crippen LogP contribution in [0.5, 0.6) is 5.75 Å². The maximum Gasteiger partial charge on any atom is 0.319 e. The number of hydrogen-bond donors (Lipinski definition) is 3. The van der Waals surface area contributed by atoms with E-state index >= 15 is 0 Å². The van der Waals surface area contributed by atoms with Crippen molar-refractivity contribution >= 4 is 23.3 Å². The van der Waals surface area contributed by atoms with Crippen molar-refractivity contribution < 1.29 is 14.3 Å². The predicted octanol–water partition coefficient (Wildman–Crippen LogP) is 1.73. The molecule has 0 fully saturated rings. The largest absolute Gasteiger partial charge is 0.482 e. The molecule has 0 unspecified atom stereocenters. The molecule has 7 nitrogen and oxygen atoms in total. The molecule has 0 radical (unpaired) electrons. The van der Waals surface area contributed by atoms with Gasteiger partial charge >= 0.3 is 6.03 Å². The lowest BCUT2D eigenvalue weighted by Crippen LogP contribution is -2.29. The van der Waals surface area contributed by atoms with Crippen molar-refractivity contribution in [3.8, 4) is 5.75 Å². The van der Waals surface area contributed by atoms with Crippen LogP contribution in [-0.2, 0) is 11.3 Å². The number of ether oxygens (including phenoxy) is 1. The highest BCUT2D eigenvalue weighted by Gasteiger charge is 2.16. The molecular formula is C15H14N4O3. The monoisotopic (exact) mass is 298 g/mol. The van der Waals surface area contributed by atoms with E-state index in [-0.39, 0.29) is 18.5 Å². The van der Waals surface area contributed by atoms with Crippen LogP contribution in [0.15, 0.2) is 42.6 Å². The summed E-state index contributed by atoms with van der Waals surface area (Å²) in [5, 5.41) is 8.10. The van der Waals surface area contributed by atoms with Crippen LogP contribution >= 0.6 is 0 Å². The van der Waals surface area contributed by atoms with Gasteiger partial charge in [-0.15, -0.1) is 0 Å². The number of fused-ring (bicyclic) bond motifs is 1. The fourth-order valence-corrected chi connectivity index (χ4v) is 2.00. The van der Waals surface area contributed by atoms with E-state index in [4.69, 9.17) is 4.74 Å². The van der Waals surface area contributed by atoms with E-state index in [0.717, 1.165) is 5.69 Å². The van der Waals surface area contributed by atoms with Gasteiger partial charge in [0, 0.05) is 18.0 Å². The number of benzene rings is 1. The zero-order valence-corrected chi connectivity index (χ0v) is 11.6. The summed E-state index contributed by atoms with van der Waals surface area (Å²) < 4.78 is 5.29. The van der Waals surface area contributed by atoms with Crippen LogP contribution in [0.1, 0.15) is 5.69 Å². The van der Waals surface area contributed by atoms with E-state index in [1.54, 1.807) is 24.4 Å². The van der Waals surface area contributed by atoms with Gasteiger partial charge in [0.25, 0.3) is 5.91 Å². The number of hydrogen-bond acceptors (Lipinski definition) is 4. The minimum atomic E-state index is -0.342. The summed E-state index contributed by atoms with van der Waals surface area (Å²) in [6.45, 7) is 0.312. The first-order valence-electron chi connectivity index (χ1n) is 6.72. The molecule has 0 saturated carbocycles. The Hall–Kier alpha value is -3.09. The number of carbonyl (C=O) groups is 2. The Morgan fingerprint density at radius 3 is 3.05 bits per heavy atom. The van der Waals surface area contributed by atoms with E-state index in [0.29, 0.717) is 23.7 Å². The molecule has 0 spiro atoms. The molecule has 1 aromatic heterocycles. The summed E-state index contributed by atoms with van der Waals surface area (Å²) in [6, 6.07) is 10.2. The fraction of sp³-hybridized carbons (Fsp3) is 0.133. The minimum absolute atomic E-state index is 0.0255. The molecule has 7 heteroatoms. The van der Waals surface area contributed by atoms with Crippen LogP contribution in [-0.4, -0.2) is 23.5 Å². The van der Waals surface area contributed by atoms with Crippen LogP contribution < -0.4 is 20.7 Å². The Kier molecular flexibility index (Phi) is 3.86. The number of nitrogens with one attached hydrogen (secondary N) is 3. The topological polar surface area (TPSA) is 92.3 Å². The van der Waals surface area contributed by atoms with Gasteiger partial charge in [-0.3, -0.25) is 9.78 Å². The van der Waals surface area contributed by atoms with E-state index < -0.39 is 0 Å². The van der Waals surface area contributed by atoms with Crippen molar-refractivity contribution in [3.63, 3.8) is 0 Å². The number of carbonyl (C=O) groups excluding carboxylic acids is 2. The van der Waals surface area contributed by atoms with Crippen molar-refractivity contribution in [3.05, 3.63) is 48.3 Å². The maximum absolute atomic E-state index is 11.8. The number of nitrogens with zero attached hydrogens (tertiary/aromatic N) is 1. The van der Waals surface area contributed by atoms with Gasteiger partial charge in [0.05, 0.1) is 17.9 Å². The van der Waals surface area contributed by atoms with Crippen molar-refractivity contribution in [2.24, 2.45) is 0 Å². The zero-order chi connectivity index (χ0) is 15.4. The molecule has 3 N–H and O–H groups in total. The van der Waals surface area contributed by atoms with Gasteiger partial charge in [-0.1, -0.05) is 6.07 Å². The molecule has 22 heavy (non-hydrogen) atoms. The van der Waals surface area contributed by atoms with E-state index in [1.807, 2.05) is 18.2 Å². The molecule has 0 saturated heterocycles. The van der Waals surface area contributed by atoms with Crippen LogP contribution in [0.4, 0.5) is 16.2 Å². The molecule has 112 valence electrons. The first kappa shape index (κ1) is 13.9. The van der Waals surface area contributed by atoms with Crippen molar-refractivity contribution in [1.29, 1.82) is 0 Å². The number of anilines is 2. The van der Waals surface area contributed by atoms with E-state index in [2.05, 4.69) is 20.9 Å². The molecule has 1 aliphatic rings. The smallest absolute Gasteiger partial charge is 0.319 e. The normalized spacial score (nSPS) is 12.6. The van der Waals surface area contributed by atoms with Gasteiger partial charge < -0.3 is 20.7 Å². The summed E-state index contributed by atoms with van der Waals surface area (Å²) in [5.41, 5.74) is 1.94. The van der Waals surface area contributed by atoms with E-state index in [1.165, 1.54) is 0 Å². The first-order chi connectivity index (χ1) is 10.7. The van der Waals surface area contributed by atoms with Crippen molar-refractivity contribution in [2.75, 3.05) is 17.2 Å². The molecular weight excluding hydrogens is 284 g/mol. The Bertz CT molecular complexity index is 703. The molecule has 3 rings (SSSR count). The SMILES string of the molecule is O=C1COc2cc(NC(=O)NCc3ccccn3)ccc2N1. The molecule has 0 atom stereocenters. The van der Waals surface area contributed by atoms with Crippen LogP contribution in [0.3, 0.4) is 0 Å². The highest BCUT2D eigenvalue weighted by Crippen LogP contribution is 2.30. The molecule has 3 amide bonds. The highest BCUT2D eigenvalue weighted by atomic mass is 16.5. The van der Waals surface area contributed by atoms with Crippen LogP contribution in [0.25, 0.3) is 0 Å². The van der Waals surface area contributed by atoms with Gasteiger partial charge in [0.1, 0.15) is 5.75 Å². The maximum atomic E-state index is 11.8. The van der Waals surface area contributed by atoms with Crippen LogP contribution in [0, 0.1) is 0 Å². The average molecular weight is 298 g/mol. The molecule has 2 heterocycles. The third-order valence-corrected chi connectivity index (χ3v) is 3.03. The number of amides is 3. The average Bonchev–Trinajstić information content (AvgIpc) is 2.54. The zero-order valence-electron chi connectivity index (χ0n) is 11.6. The van der Waals surface area contributed by atoms with Crippen LogP contribution in [0.2, 0.25) is 0 Å². The Morgan fingerprint density at radius 1 is 1.32 bits per heavy atom. The summed E-state index contributed by atoms with van der Waals surface area (Å²) in [7, 11) is 0. The summed E-state index contributed by atoms with van der Waals surface area (Å²) in [6.07, 6.45) is 1.67. The van der Waals surface area contributed by atoms with Gasteiger partial charge in [0.2, 0.25) is 0 Å². The van der Waals surface area contributed by atoms with E-state index in [9.17, 15) is 9.59 Å². The fourth-order valence-electron chi connectivity index (χ4n) is 2.00. The first-order valence-corrected chi connectivity index (χ1v) is 6.72.